The number of esters is 1. The third kappa shape index (κ3) is 4.47. The summed E-state index contributed by atoms with van der Waals surface area (Å²) in [5.74, 6) is -0.141. The van der Waals surface area contributed by atoms with Crippen LogP contribution in [0.5, 0.6) is 0 Å². The number of carbonyl (C=O) groups excluding carboxylic acids is 1. The molecular formula is C14H20N2O2. The Bertz CT molecular complexity index is 361. The van der Waals surface area contributed by atoms with Gasteiger partial charge in [-0.1, -0.05) is 30.3 Å². The lowest BCUT2D eigenvalue weighted by Crippen LogP contribution is -2.32. The smallest absolute Gasteiger partial charge is 0.307 e. The van der Waals surface area contributed by atoms with Gasteiger partial charge in [0.05, 0.1) is 6.42 Å². The van der Waals surface area contributed by atoms with Gasteiger partial charge in [0.25, 0.3) is 0 Å². The average Bonchev–Trinajstić information content (AvgIpc) is 2.91. The second kappa shape index (κ2) is 7.13. The number of ether oxygens (including phenoxy) is 1. The quantitative estimate of drug-likeness (QED) is 0.739. The molecule has 1 aliphatic heterocycles. The van der Waals surface area contributed by atoms with E-state index in [4.69, 9.17) is 4.74 Å². The van der Waals surface area contributed by atoms with Crippen molar-refractivity contribution in [3.05, 3.63) is 35.9 Å². The molecule has 1 aromatic rings. The highest BCUT2D eigenvalue weighted by molar-refractivity contribution is 5.69. The molecule has 1 saturated heterocycles. The van der Waals surface area contributed by atoms with Crippen LogP contribution >= 0.6 is 0 Å². The first kappa shape index (κ1) is 13.1. The van der Waals surface area contributed by atoms with Crippen LogP contribution < -0.4 is 10.6 Å². The summed E-state index contributed by atoms with van der Waals surface area (Å²) in [4.78, 5) is 11.5. The summed E-state index contributed by atoms with van der Waals surface area (Å²) in [5.41, 5.74) is 1.03. The largest absolute Gasteiger partial charge is 0.461 e. The van der Waals surface area contributed by atoms with Gasteiger partial charge in [0.1, 0.15) is 6.61 Å². The lowest BCUT2D eigenvalue weighted by atomic mass is 10.2. The summed E-state index contributed by atoms with van der Waals surface area (Å²) in [6.45, 7) is 3.12. The molecule has 2 N–H and O–H groups in total. The van der Waals surface area contributed by atoms with E-state index in [1.165, 1.54) is 0 Å². The van der Waals surface area contributed by atoms with Gasteiger partial charge in [-0.15, -0.1) is 0 Å². The predicted octanol–water partition coefficient (Wildman–Crippen LogP) is 1.07. The molecule has 1 aliphatic rings. The van der Waals surface area contributed by atoms with Gasteiger partial charge in [-0.3, -0.25) is 4.79 Å². The lowest BCUT2D eigenvalue weighted by molar-refractivity contribution is -0.144. The fourth-order valence-electron chi connectivity index (χ4n) is 2.02. The molecule has 0 amide bonds. The van der Waals surface area contributed by atoms with Gasteiger partial charge in [-0.05, 0) is 18.5 Å². The van der Waals surface area contributed by atoms with E-state index in [-0.39, 0.29) is 5.97 Å². The van der Waals surface area contributed by atoms with E-state index in [9.17, 15) is 4.79 Å². The first-order valence-corrected chi connectivity index (χ1v) is 6.48. The van der Waals surface area contributed by atoms with Crippen LogP contribution in [0.3, 0.4) is 0 Å². The Hall–Kier alpha value is -1.39. The molecule has 4 heteroatoms. The van der Waals surface area contributed by atoms with Crippen molar-refractivity contribution in [2.45, 2.75) is 25.5 Å². The third-order valence-corrected chi connectivity index (χ3v) is 3.07. The summed E-state index contributed by atoms with van der Waals surface area (Å²) < 4.78 is 5.20. The van der Waals surface area contributed by atoms with Gasteiger partial charge in [0, 0.05) is 19.1 Å². The highest BCUT2D eigenvalue weighted by atomic mass is 16.5. The van der Waals surface area contributed by atoms with E-state index in [0.717, 1.165) is 25.1 Å². The van der Waals surface area contributed by atoms with Crippen molar-refractivity contribution >= 4 is 5.97 Å². The van der Waals surface area contributed by atoms with E-state index < -0.39 is 0 Å². The minimum atomic E-state index is -0.141. The standard InChI is InChI=1S/C14H20N2O2/c17-14(7-9-16-13-6-8-15-10-13)18-11-12-4-2-1-3-5-12/h1-5,13,15-16H,6-11H2. The molecule has 1 unspecified atom stereocenters. The van der Waals surface area contributed by atoms with Crippen molar-refractivity contribution in [2.24, 2.45) is 0 Å². The van der Waals surface area contributed by atoms with Crippen LogP contribution in [0.1, 0.15) is 18.4 Å². The van der Waals surface area contributed by atoms with Crippen molar-refractivity contribution in [1.29, 1.82) is 0 Å². The van der Waals surface area contributed by atoms with Crippen LogP contribution in [0.25, 0.3) is 0 Å². The summed E-state index contributed by atoms with van der Waals surface area (Å²) in [7, 11) is 0. The SMILES string of the molecule is O=C(CCNC1CCNC1)OCc1ccccc1. The predicted molar refractivity (Wildman–Crippen MR) is 70.1 cm³/mol. The molecule has 0 spiro atoms. The number of carbonyl (C=O) groups is 1. The molecule has 0 saturated carbocycles. The summed E-state index contributed by atoms with van der Waals surface area (Å²) in [6.07, 6.45) is 1.57. The number of hydrogen-bond acceptors (Lipinski definition) is 4. The van der Waals surface area contributed by atoms with Crippen molar-refractivity contribution < 1.29 is 9.53 Å². The topological polar surface area (TPSA) is 50.4 Å². The lowest BCUT2D eigenvalue weighted by Gasteiger charge is -2.10. The van der Waals surface area contributed by atoms with Crippen LogP contribution in [-0.4, -0.2) is 31.6 Å². The number of nitrogens with one attached hydrogen (secondary N) is 2. The van der Waals surface area contributed by atoms with Crippen LogP contribution in [0, 0.1) is 0 Å². The van der Waals surface area contributed by atoms with Crippen molar-refractivity contribution in [3.63, 3.8) is 0 Å². The zero-order valence-electron chi connectivity index (χ0n) is 10.5. The molecule has 0 aliphatic carbocycles. The van der Waals surface area contributed by atoms with E-state index in [1.54, 1.807) is 0 Å². The van der Waals surface area contributed by atoms with Crippen LogP contribution in [0.15, 0.2) is 30.3 Å². The van der Waals surface area contributed by atoms with Crippen LogP contribution in [-0.2, 0) is 16.1 Å². The maximum Gasteiger partial charge on any atom is 0.307 e. The monoisotopic (exact) mass is 248 g/mol. The molecule has 2 rings (SSSR count). The second-order valence-corrected chi connectivity index (χ2v) is 4.54. The third-order valence-electron chi connectivity index (χ3n) is 3.07. The molecule has 0 bridgehead atoms. The summed E-state index contributed by atoms with van der Waals surface area (Å²) >= 11 is 0. The van der Waals surface area contributed by atoms with E-state index in [2.05, 4.69) is 10.6 Å². The molecular weight excluding hydrogens is 228 g/mol. The molecule has 0 aromatic heterocycles. The average molecular weight is 248 g/mol. The maximum absolute atomic E-state index is 11.5. The first-order valence-electron chi connectivity index (χ1n) is 6.48. The van der Waals surface area contributed by atoms with Gasteiger partial charge < -0.3 is 15.4 Å². The van der Waals surface area contributed by atoms with Crippen LogP contribution in [0.2, 0.25) is 0 Å². The Kier molecular flexibility index (Phi) is 5.17. The molecule has 0 radical (unpaired) electrons. The highest BCUT2D eigenvalue weighted by Gasteiger charge is 2.13. The molecule has 1 aromatic carbocycles. The fraction of sp³-hybridized carbons (Fsp3) is 0.500. The Labute approximate surface area is 108 Å². The first-order chi connectivity index (χ1) is 8.84. The number of hydrogen-bond donors (Lipinski definition) is 2. The van der Waals surface area contributed by atoms with Crippen molar-refractivity contribution in [2.75, 3.05) is 19.6 Å². The summed E-state index contributed by atoms with van der Waals surface area (Å²) in [6, 6.07) is 10.2. The van der Waals surface area contributed by atoms with Crippen molar-refractivity contribution in [3.8, 4) is 0 Å². The Morgan fingerprint density at radius 3 is 2.94 bits per heavy atom. The highest BCUT2D eigenvalue weighted by Crippen LogP contribution is 2.02. The fourth-order valence-corrected chi connectivity index (χ4v) is 2.02. The van der Waals surface area contributed by atoms with Gasteiger partial charge in [0.2, 0.25) is 0 Å². The zero-order chi connectivity index (χ0) is 12.6. The normalized spacial score (nSPS) is 18.8. The van der Waals surface area contributed by atoms with E-state index in [0.29, 0.717) is 25.6 Å². The Morgan fingerprint density at radius 1 is 1.39 bits per heavy atom. The van der Waals surface area contributed by atoms with Crippen LogP contribution in [0.4, 0.5) is 0 Å². The van der Waals surface area contributed by atoms with Crippen molar-refractivity contribution in [1.82, 2.24) is 10.6 Å². The number of benzene rings is 1. The van der Waals surface area contributed by atoms with E-state index in [1.807, 2.05) is 30.3 Å². The maximum atomic E-state index is 11.5. The van der Waals surface area contributed by atoms with E-state index >= 15 is 0 Å². The minimum absolute atomic E-state index is 0.141. The summed E-state index contributed by atoms with van der Waals surface area (Å²) in [5, 5.41) is 6.63. The minimum Gasteiger partial charge on any atom is -0.461 e. The molecule has 4 nitrogen and oxygen atoms in total. The van der Waals surface area contributed by atoms with Gasteiger partial charge in [0.15, 0.2) is 0 Å². The number of rotatable bonds is 6. The molecule has 98 valence electrons. The molecule has 18 heavy (non-hydrogen) atoms. The molecule has 1 fully saturated rings. The Balaban J connectivity index is 1.57. The second-order valence-electron chi connectivity index (χ2n) is 4.54. The zero-order valence-corrected chi connectivity index (χ0v) is 10.5. The molecule has 1 atom stereocenters. The Morgan fingerprint density at radius 2 is 2.22 bits per heavy atom. The molecule has 1 heterocycles. The van der Waals surface area contributed by atoms with Gasteiger partial charge in [-0.25, -0.2) is 0 Å². The van der Waals surface area contributed by atoms with Gasteiger partial charge >= 0.3 is 5.97 Å². The van der Waals surface area contributed by atoms with Gasteiger partial charge in [-0.2, -0.15) is 0 Å².